The molecule has 0 spiro atoms. The standard InChI is InChI=1S/C8H14ClNO/c1-8(2)5-10(6-8)7(11)3-4-9/h3-6H2,1-2H3. The fourth-order valence-corrected chi connectivity index (χ4v) is 1.56. The summed E-state index contributed by atoms with van der Waals surface area (Å²) in [5, 5.41) is 0. The zero-order valence-electron chi connectivity index (χ0n) is 7.06. The summed E-state index contributed by atoms with van der Waals surface area (Å²) in [5.74, 6) is 0.634. The number of carbonyl (C=O) groups excluding carboxylic acids is 1. The third-order valence-electron chi connectivity index (χ3n) is 1.90. The van der Waals surface area contributed by atoms with Crippen LogP contribution in [-0.4, -0.2) is 29.8 Å². The number of nitrogens with zero attached hydrogens (tertiary/aromatic N) is 1. The smallest absolute Gasteiger partial charge is 0.223 e. The highest BCUT2D eigenvalue weighted by Crippen LogP contribution is 2.28. The van der Waals surface area contributed by atoms with Crippen molar-refractivity contribution in [3.8, 4) is 0 Å². The highest BCUT2D eigenvalue weighted by atomic mass is 35.5. The van der Waals surface area contributed by atoms with Crippen molar-refractivity contribution in [2.45, 2.75) is 20.3 Å². The summed E-state index contributed by atoms with van der Waals surface area (Å²) in [5.41, 5.74) is 0.335. The number of alkyl halides is 1. The van der Waals surface area contributed by atoms with Crippen molar-refractivity contribution in [3.05, 3.63) is 0 Å². The molecule has 1 aliphatic heterocycles. The predicted octanol–water partition coefficient (Wildman–Crippen LogP) is 1.48. The van der Waals surface area contributed by atoms with Crippen LogP contribution in [-0.2, 0) is 4.79 Å². The molecule has 0 radical (unpaired) electrons. The first-order valence-corrected chi connectivity index (χ1v) is 4.42. The summed E-state index contributed by atoms with van der Waals surface area (Å²) in [7, 11) is 0. The summed E-state index contributed by atoms with van der Waals surface area (Å²) in [6.07, 6.45) is 0.484. The van der Waals surface area contributed by atoms with Gasteiger partial charge in [-0.15, -0.1) is 11.6 Å². The molecule has 1 amide bonds. The van der Waals surface area contributed by atoms with E-state index in [4.69, 9.17) is 11.6 Å². The van der Waals surface area contributed by atoms with Crippen LogP contribution >= 0.6 is 11.6 Å². The second kappa shape index (κ2) is 3.02. The number of rotatable bonds is 2. The van der Waals surface area contributed by atoms with E-state index >= 15 is 0 Å². The zero-order chi connectivity index (χ0) is 8.48. The number of hydrogen-bond donors (Lipinski definition) is 0. The maximum absolute atomic E-state index is 11.2. The lowest BCUT2D eigenvalue weighted by molar-refractivity contribution is -0.140. The molecule has 0 aromatic rings. The second-order valence-electron chi connectivity index (χ2n) is 3.85. The van der Waals surface area contributed by atoms with E-state index in [1.807, 2.05) is 4.90 Å². The molecule has 1 rings (SSSR count). The molecular formula is C8H14ClNO. The van der Waals surface area contributed by atoms with Crippen LogP contribution in [0, 0.1) is 5.41 Å². The fourth-order valence-electron chi connectivity index (χ4n) is 1.40. The van der Waals surface area contributed by atoms with Gasteiger partial charge in [-0.25, -0.2) is 0 Å². The van der Waals surface area contributed by atoms with Crippen molar-refractivity contribution in [2.24, 2.45) is 5.41 Å². The highest BCUT2D eigenvalue weighted by molar-refractivity contribution is 6.18. The Bertz CT molecular complexity index is 159. The minimum Gasteiger partial charge on any atom is -0.341 e. The quantitative estimate of drug-likeness (QED) is 0.583. The average Bonchev–Trinajstić information content (AvgIpc) is 1.83. The monoisotopic (exact) mass is 175 g/mol. The molecule has 0 N–H and O–H groups in total. The normalized spacial score (nSPS) is 21.2. The Balaban J connectivity index is 2.27. The van der Waals surface area contributed by atoms with Gasteiger partial charge in [-0.05, 0) is 5.41 Å². The van der Waals surface area contributed by atoms with Gasteiger partial charge >= 0.3 is 0 Å². The Morgan fingerprint density at radius 2 is 2.09 bits per heavy atom. The molecule has 0 bridgehead atoms. The lowest BCUT2D eigenvalue weighted by Gasteiger charge is -2.45. The van der Waals surface area contributed by atoms with Crippen LogP contribution in [0.4, 0.5) is 0 Å². The first-order chi connectivity index (χ1) is 5.05. The minimum atomic E-state index is 0.194. The molecule has 1 fully saturated rings. The van der Waals surface area contributed by atoms with Gasteiger partial charge in [-0.2, -0.15) is 0 Å². The minimum absolute atomic E-state index is 0.194. The Hall–Kier alpha value is -0.240. The Labute approximate surface area is 72.5 Å². The van der Waals surface area contributed by atoms with E-state index in [1.165, 1.54) is 0 Å². The largest absolute Gasteiger partial charge is 0.341 e. The van der Waals surface area contributed by atoms with Crippen LogP contribution < -0.4 is 0 Å². The van der Waals surface area contributed by atoms with E-state index in [-0.39, 0.29) is 5.91 Å². The van der Waals surface area contributed by atoms with Crippen molar-refractivity contribution >= 4 is 17.5 Å². The molecule has 1 heterocycles. The molecule has 0 unspecified atom stereocenters. The van der Waals surface area contributed by atoms with Crippen LogP contribution in [0.5, 0.6) is 0 Å². The van der Waals surface area contributed by atoms with Gasteiger partial charge in [0.2, 0.25) is 5.91 Å². The van der Waals surface area contributed by atoms with Crippen LogP contribution in [0.25, 0.3) is 0 Å². The number of carbonyl (C=O) groups is 1. The summed E-state index contributed by atoms with van der Waals surface area (Å²) in [4.78, 5) is 13.0. The van der Waals surface area contributed by atoms with Gasteiger partial charge in [-0.1, -0.05) is 13.8 Å². The number of halogens is 1. The van der Waals surface area contributed by atoms with Gasteiger partial charge in [0.25, 0.3) is 0 Å². The van der Waals surface area contributed by atoms with E-state index in [9.17, 15) is 4.79 Å². The first-order valence-electron chi connectivity index (χ1n) is 3.89. The van der Waals surface area contributed by atoms with Crippen LogP contribution in [0.2, 0.25) is 0 Å². The summed E-state index contributed by atoms with van der Waals surface area (Å²) < 4.78 is 0. The molecule has 3 heteroatoms. The number of amides is 1. The summed E-state index contributed by atoms with van der Waals surface area (Å²) in [6.45, 7) is 6.11. The lowest BCUT2D eigenvalue weighted by atomic mass is 9.84. The molecule has 0 aliphatic carbocycles. The van der Waals surface area contributed by atoms with Gasteiger partial charge in [-0.3, -0.25) is 4.79 Å². The number of hydrogen-bond acceptors (Lipinski definition) is 1. The van der Waals surface area contributed by atoms with Gasteiger partial charge in [0, 0.05) is 25.4 Å². The third kappa shape index (κ3) is 2.09. The zero-order valence-corrected chi connectivity index (χ0v) is 7.82. The van der Waals surface area contributed by atoms with Crippen molar-refractivity contribution in [1.82, 2.24) is 4.90 Å². The van der Waals surface area contributed by atoms with E-state index in [0.29, 0.717) is 17.7 Å². The SMILES string of the molecule is CC1(C)CN(C(=O)CCCl)C1. The van der Waals surface area contributed by atoms with E-state index in [0.717, 1.165) is 13.1 Å². The van der Waals surface area contributed by atoms with Gasteiger partial charge < -0.3 is 4.90 Å². The maximum Gasteiger partial charge on any atom is 0.223 e. The first kappa shape index (κ1) is 8.85. The lowest BCUT2D eigenvalue weighted by Crippen LogP contribution is -2.55. The highest BCUT2D eigenvalue weighted by Gasteiger charge is 2.36. The van der Waals surface area contributed by atoms with Crippen LogP contribution in [0.1, 0.15) is 20.3 Å². The van der Waals surface area contributed by atoms with Crippen LogP contribution in [0.15, 0.2) is 0 Å². The molecule has 2 nitrogen and oxygen atoms in total. The second-order valence-corrected chi connectivity index (χ2v) is 4.23. The van der Waals surface area contributed by atoms with Gasteiger partial charge in [0.1, 0.15) is 0 Å². The topological polar surface area (TPSA) is 20.3 Å². The molecule has 0 aromatic carbocycles. The molecule has 1 saturated heterocycles. The number of likely N-dealkylation sites (tertiary alicyclic amines) is 1. The molecule has 0 aromatic heterocycles. The fraction of sp³-hybridized carbons (Fsp3) is 0.875. The van der Waals surface area contributed by atoms with Gasteiger partial charge in [0.05, 0.1) is 0 Å². The Morgan fingerprint density at radius 1 is 1.55 bits per heavy atom. The van der Waals surface area contributed by atoms with Crippen molar-refractivity contribution < 1.29 is 4.79 Å². The molecule has 64 valence electrons. The molecule has 0 saturated carbocycles. The van der Waals surface area contributed by atoms with E-state index in [2.05, 4.69) is 13.8 Å². The summed E-state index contributed by atoms with van der Waals surface area (Å²) in [6, 6.07) is 0. The Morgan fingerprint density at radius 3 is 2.45 bits per heavy atom. The van der Waals surface area contributed by atoms with E-state index < -0.39 is 0 Å². The van der Waals surface area contributed by atoms with E-state index in [1.54, 1.807) is 0 Å². The van der Waals surface area contributed by atoms with Crippen molar-refractivity contribution in [3.63, 3.8) is 0 Å². The molecule has 1 aliphatic rings. The predicted molar refractivity (Wildman–Crippen MR) is 45.7 cm³/mol. The van der Waals surface area contributed by atoms with Crippen LogP contribution in [0.3, 0.4) is 0 Å². The third-order valence-corrected chi connectivity index (χ3v) is 2.09. The molecule has 0 atom stereocenters. The van der Waals surface area contributed by atoms with Crippen molar-refractivity contribution in [2.75, 3.05) is 19.0 Å². The maximum atomic E-state index is 11.2. The molecule has 11 heavy (non-hydrogen) atoms. The average molecular weight is 176 g/mol. The Kier molecular flexibility index (Phi) is 2.43. The molecular weight excluding hydrogens is 162 g/mol. The van der Waals surface area contributed by atoms with Crippen molar-refractivity contribution in [1.29, 1.82) is 0 Å². The summed E-state index contributed by atoms with van der Waals surface area (Å²) >= 11 is 5.45. The van der Waals surface area contributed by atoms with Gasteiger partial charge in [0.15, 0.2) is 0 Å².